The highest BCUT2D eigenvalue weighted by molar-refractivity contribution is 6.30. The van der Waals surface area contributed by atoms with Gasteiger partial charge in [-0.15, -0.1) is 0 Å². The van der Waals surface area contributed by atoms with Crippen molar-refractivity contribution in [3.8, 4) is 5.69 Å². The summed E-state index contributed by atoms with van der Waals surface area (Å²) in [6, 6.07) is 19.5. The van der Waals surface area contributed by atoms with E-state index in [9.17, 15) is 9.59 Å². The highest BCUT2D eigenvalue weighted by atomic mass is 35.5. The highest BCUT2D eigenvalue weighted by Crippen LogP contribution is 2.25. The van der Waals surface area contributed by atoms with Crippen molar-refractivity contribution in [2.75, 3.05) is 11.9 Å². The second-order valence-electron chi connectivity index (χ2n) is 8.32. The SMILES string of the molecule is CCN(C(=O)Nc1ccc(Cl)cc1)C(C)c1nc2ccccc2c(=O)n1-c1cc(C)ccc1C. The zero-order valence-electron chi connectivity index (χ0n) is 19.7. The molecule has 4 aromatic rings. The van der Waals surface area contributed by atoms with E-state index in [1.165, 1.54) is 0 Å². The second-order valence-corrected chi connectivity index (χ2v) is 8.75. The van der Waals surface area contributed by atoms with Crippen LogP contribution < -0.4 is 10.9 Å². The number of urea groups is 1. The van der Waals surface area contributed by atoms with Crippen LogP contribution in [0.2, 0.25) is 5.02 Å². The van der Waals surface area contributed by atoms with Crippen LogP contribution in [-0.2, 0) is 0 Å². The largest absolute Gasteiger partial charge is 0.322 e. The van der Waals surface area contributed by atoms with Crippen LogP contribution >= 0.6 is 11.6 Å². The Hall–Kier alpha value is -3.64. The van der Waals surface area contributed by atoms with Gasteiger partial charge in [0.2, 0.25) is 0 Å². The van der Waals surface area contributed by atoms with E-state index in [4.69, 9.17) is 16.6 Å². The van der Waals surface area contributed by atoms with E-state index in [0.29, 0.717) is 34.0 Å². The number of anilines is 1. The third kappa shape index (κ3) is 4.54. The average Bonchev–Trinajstić information content (AvgIpc) is 2.82. The molecular weight excluding hydrogens is 448 g/mol. The number of aryl methyl sites for hydroxylation is 2. The van der Waals surface area contributed by atoms with Crippen molar-refractivity contribution >= 4 is 34.2 Å². The molecule has 1 atom stereocenters. The maximum atomic E-state index is 13.7. The Labute approximate surface area is 203 Å². The molecule has 0 aliphatic heterocycles. The van der Waals surface area contributed by atoms with Crippen LogP contribution in [0.15, 0.2) is 71.5 Å². The van der Waals surface area contributed by atoms with E-state index in [0.717, 1.165) is 16.8 Å². The molecule has 1 unspecified atom stereocenters. The number of nitrogens with zero attached hydrogens (tertiary/aromatic N) is 3. The van der Waals surface area contributed by atoms with Gasteiger partial charge in [0.25, 0.3) is 5.56 Å². The third-order valence-corrected chi connectivity index (χ3v) is 6.20. The molecular formula is C27H27ClN4O2. The van der Waals surface area contributed by atoms with Crippen LogP contribution in [0.5, 0.6) is 0 Å². The summed E-state index contributed by atoms with van der Waals surface area (Å²) in [6.07, 6.45) is 0. The molecule has 0 saturated heterocycles. The average molecular weight is 475 g/mol. The summed E-state index contributed by atoms with van der Waals surface area (Å²) >= 11 is 5.97. The minimum absolute atomic E-state index is 0.157. The summed E-state index contributed by atoms with van der Waals surface area (Å²) in [7, 11) is 0. The monoisotopic (exact) mass is 474 g/mol. The Morgan fingerprint density at radius 1 is 1.09 bits per heavy atom. The molecule has 1 heterocycles. The van der Waals surface area contributed by atoms with E-state index in [2.05, 4.69) is 5.32 Å². The summed E-state index contributed by atoms with van der Waals surface area (Å²) in [5.74, 6) is 0.505. The van der Waals surface area contributed by atoms with Crippen molar-refractivity contribution in [2.24, 2.45) is 0 Å². The van der Waals surface area contributed by atoms with Crippen molar-refractivity contribution in [3.05, 3.63) is 99.1 Å². The number of para-hydroxylation sites is 1. The molecule has 0 fully saturated rings. The molecule has 4 rings (SSSR count). The van der Waals surface area contributed by atoms with Crippen molar-refractivity contribution in [2.45, 2.75) is 33.7 Å². The van der Waals surface area contributed by atoms with Gasteiger partial charge in [0, 0.05) is 17.3 Å². The molecule has 1 aromatic heterocycles. The molecule has 6 nitrogen and oxygen atoms in total. The van der Waals surface area contributed by atoms with E-state index in [-0.39, 0.29) is 11.6 Å². The smallest absolute Gasteiger partial charge is 0.315 e. The Bertz CT molecular complexity index is 1410. The standard InChI is InChI=1S/C27H27ClN4O2/c1-5-31(27(34)29-21-14-12-20(28)13-15-21)19(4)25-30-23-9-7-6-8-22(23)26(33)32(25)24-16-17(2)10-11-18(24)3/h6-16,19H,5H2,1-4H3,(H,29,34). The lowest BCUT2D eigenvalue weighted by Gasteiger charge is -2.30. The third-order valence-electron chi connectivity index (χ3n) is 5.95. The fourth-order valence-electron chi connectivity index (χ4n) is 4.08. The Morgan fingerprint density at radius 2 is 1.79 bits per heavy atom. The van der Waals surface area contributed by atoms with Crippen LogP contribution in [0, 0.1) is 13.8 Å². The Balaban J connectivity index is 1.84. The summed E-state index contributed by atoms with van der Waals surface area (Å²) in [5.41, 5.74) is 3.83. The lowest BCUT2D eigenvalue weighted by molar-refractivity contribution is 0.193. The number of aromatic nitrogens is 2. The Morgan fingerprint density at radius 3 is 2.50 bits per heavy atom. The van der Waals surface area contributed by atoms with Crippen molar-refractivity contribution < 1.29 is 4.79 Å². The van der Waals surface area contributed by atoms with Crippen LogP contribution in [0.4, 0.5) is 10.5 Å². The molecule has 0 bridgehead atoms. The quantitative estimate of drug-likeness (QED) is 0.370. The predicted octanol–water partition coefficient (Wildman–Crippen LogP) is 6.27. The second kappa shape index (κ2) is 9.69. The topological polar surface area (TPSA) is 67.2 Å². The maximum Gasteiger partial charge on any atom is 0.322 e. The molecule has 2 amide bonds. The minimum atomic E-state index is -0.477. The van der Waals surface area contributed by atoms with Crippen LogP contribution in [-0.4, -0.2) is 27.0 Å². The van der Waals surface area contributed by atoms with Crippen molar-refractivity contribution in [1.29, 1.82) is 0 Å². The van der Waals surface area contributed by atoms with Gasteiger partial charge in [0.1, 0.15) is 5.82 Å². The lowest BCUT2D eigenvalue weighted by atomic mass is 10.1. The van der Waals surface area contributed by atoms with Gasteiger partial charge in [0.05, 0.1) is 22.6 Å². The number of hydrogen-bond acceptors (Lipinski definition) is 3. The Kier molecular flexibility index (Phi) is 6.70. The predicted molar refractivity (Wildman–Crippen MR) is 138 cm³/mol. The first-order chi connectivity index (χ1) is 16.3. The summed E-state index contributed by atoms with van der Waals surface area (Å²) in [6.45, 7) is 8.18. The summed E-state index contributed by atoms with van der Waals surface area (Å²) < 4.78 is 1.65. The molecule has 7 heteroatoms. The molecule has 174 valence electrons. The van der Waals surface area contributed by atoms with Crippen LogP contribution in [0.25, 0.3) is 16.6 Å². The van der Waals surface area contributed by atoms with E-state index < -0.39 is 6.04 Å². The molecule has 3 aromatic carbocycles. The van der Waals surface area contributed by atoms with Gasteiger partial charge in [-0.1, -0.05) is 35.9 Å². The summed E-state index contributed by atoms with van der Waals surface area (Å²) in [4.78, 5) is 33.5. The van der Waals surface area contributed by atoms with E-state index in [1.807, 2.05) is 64.1 Å². The fraction of sp³-hybridized carbons (Fsp3) is 0.222. The van der Waals surface area contributed by atoms with Gasteiger partial charge in [-0.25, -0.2) is 9.78 Å². The lowest BCUT2D eigenvalue weighted by Crippen LogP contribution is -2.39. The number of halogens is 1. The number of rotatable bonds is 5. The number of benzene rings is 3. The molecule has 34 heavy (non-hydrogen) atoms. The van der Waals surface area contributed by atoms with Crippen LogP contribution in [0.1, 0.15) is 36.8 Å². The number of fused-ring (bicyclic) bond motifs is 1. The molecule has 0 saturated carbocycles. The van der Waals surface area contributed by atoms with Gasteiger partial charge in [-0.3, -0.25) is 9.36 Å². The normalized spacial score (nSPS) is 11.9. The first kappa shape index (κ1) is 23.5. The first-order valence-corrected chi connectivity index (χ1v) is 11.6. The highest BCUT2D eigenvalue weighted by Gasteiger charge is 2.26. The molecule has 1 N–H and O–H groups in total. The maximum absolute atomic E-state index is 13.7. The number of carbonyl (C=O) groups excluding carboxylic acids is 1. The van der Waals surface area contributed by atoms with Gasteiger partial charge in [0.15, 0.2) is 0 Å². The molecule has 0 aliphatic carbocycles. The zero-order chi connectivity index (χ0) is 24.4. The number of amides is 2. The van der Waals surface area contributed by atoms with Gasteiger partial charge >= 0.3 is 6.03 Å². The van der Waals surface area contributed by atoms with E-state index in [1.54, 1.807) is 39.8 Å². The first-order valence-electron chi connectivity index (χ1n) is 11.2. The number of nitrogens with one attached hydrogen (secondary N) is 1. The van der Waals surface area contributed by atoms with Crippen molar-refractivity contribution in [3.63, 3.8) is 0 Å². The van der Waals surface area contributed by atoms with Crippen LogP contribution in [0.3, 0.4) is 0 Å². The summed E-state index contributed by atoms with van der Waals surface area (Å²) in [5, 5.41) is 4.04. The molecule has 0 radical (unpaired) electrons. The van der Waals surface area contributed by atoms with Crippen molar-refractivity contribution in [1.82, 2.24) is 14.5 Å². The number of carbonyl (C=O) groups is 1. The van der Waals surface area contributed by atoms with E-state index >= 15 is 0 Å². The van der Waals surface area contributed by atoms with Gasteiger partial charge in [-0.05, 0) is 81.3 Å². The molecule has 0 spiro atoms. The zero-order valence-corrected chi connectivity index (χ0v) is 20.4. The molecule has 0 aliphatic rings. The number of hydrogen-bond donors (Lipinski definition) is 1. The minimum Gasteiger partial charge on any atom is -0.315 e. The van der Waals surface area contributed by atoms with Gasteiger partial charge in [-0.2, -0.15) is 0 Å². The van der Waals surface area contributed by atoms with Gasteiger partial charge < -0.3 is 10.2 Å². The fourth-order valence-corrected chi connectivity index (χ4v) is 4.21.